The number of carboxylic acid groups (broad SMARTS) is 3. The average molecular weight is 1570 g/mol. The van der Waals surface area contributed by atoms with E-state index in [2.05, 4.69) is 19.2 Å². The number of aromatic nitrogens is 5. The number of amides is 1. The summed E-state index contributed by atoms with van der Waals surface area (Å²) in [6.45, 7) is 13.3. The van der Waals surface area contributed by atoms with E-state index in [1.165, 1.54) is 12.8 Å². The molecule has 1 fully saturated rings. The Morgan fingerprint density at radius 2 is 0.989 bits per heavy atom. The topological polar surface area (TPSA) is 348 Å². The predicted octanol–water partition coefficient (Wildman–Crippen LogP) is 9.51. The largest absolute Gasteiger partial charge is 3.00 e. The molecule has 26 heteroatoms. The zero-order chi connectivity index (χ0) is 61.2. The summed E-state index contributed by atoms with van der Waals surface area (Å²) in [4.78, 5) is 67.2. The number of aliphatic hydroxyl groups excluding tert-OH is 1. The molecule has 503 valence electrons. The van der Waals surface area contributed by atoms with E-state index in [1.54, 1.807) is 38.7 Å². The number of fused-ring (bicyclic) bond motifs is 7. The van der Waals surface area contributed by atoms with Crippen molar-refractivity contribution in [1.29, 1.82) is 0 Å². The van der Waals surface area contributed by atoms with E-state index < -0.39 is 17.9 Å². The number of nitrogens with one attached hydrogen (secondary N) is 3. The van der Waals surface area contributed by atoms with Crippen LogP contribution in [0.3, 0.4) is 0 Å². The molecule has 24 nitrogen and oxygen atoms in total. The van der Waals surface area contributed by atoms with Crippen LogP contribution in [0.15, 0.2) is 36.7 Å². The van der Waals surface area contributed by atoms with Crippen LogP contribution >= 0.6 is 0 Å². The van der Waals surface area contributed by atoms with Gasteiger partial charge in [-0.3, -0.25) is 19.6 Å². The summed E-state index contributed by atoms with van der Waals surface area (Å²) >= 11 is 0. The van der Waals surface area contributed by atoms with Gasteiger partial charge >= 0.3 is 57.8 Å². The summed E-state index contributed by atoms with van der Waals surface area (Å²) in [7, 11) is 3.25. The van der Waals surface area contributed by atoms with Crippen LogP contribution in [-0.2, 0) is 81.5 Å². The summed E-state index contributed by atoms with van der Waals surface area (Å²) in [5, 5.41) is 36.6. The Kier molecular flexibility index (Phi) is 47.5. The second-order valence-electron chi connectivity index (χ2n) is 19.5. The Bertz CT molecular complexity index is 2850. The number of aryl methyl sites for hydroxylation is 2. The monoisotopic (exact) mass is 1570 g/mol. The van der Waals surface area contributed by atoms with E-state index in [1.807, 2.05) is 26.0 Å². The number of methoxy groups -OCH3 is 2. The van der Waals surface area contributed by atoms with Crippen molar-refractivity contribution in [3.63, 3.8) is 0 Å². The molecule has 1 amide bonds. The Morgan fingerprint density at radius 3 is 1.35 bits per heavy atom. The molecule has 0 spiro atoms. The van der Waals surface area contributed by atoms with Gasteiger partial charge in [0, 0.05) is 67.0 Å². The summed E-state index contributed by atoms with van der Waals surface area (Å²) in [5.74, 6) is -4.11. The standard InChI is InChI=1S/C52H72N6O12.C6H12N2.C2H2O4.3CH3.Gd.Pt/c1-7-37-38(8-2)42-30-44-40(12-10-16-59)36(4)48(58-44)34-55-46-32-50(70-28-26-68-24-22-66-20-18-64-6)49(69-27-25-67-23-21-65-19-17-63-5)31-45(46)54-33-47-35(3)39(43(57-47)29-41(37)56-42)11-9-15-53-51(60)13-14-52(61)62;7-5-3-1-2-4-6(5)8;3-1(4)2(5)6;;;;;/h29-34,59H,7-28H2,1-6H3,(H3,53,54,55,56,57,58,60,61,62);5-8H,1-4H2;(H,3,4)(H,5,6);3*1H3;;/q;-2;;3*-1;+3;/p-1. The van der Waals surface area contributed by atoms with Crippen molar-refractivity contribution < 1.29 is 139 Å². The molecule has 3 aromatic rings. The van der Waals surface area contributed by atoms with Gasteiger partial charge in [-0.25, -0.2) is 19.6 Å². The minimum Gasteiger partial charge on any atom is -0.676 e. The zero-order valence-corrected chi connectivity index (χ0v) is 57.6. The number of aliphatic carboxylic acids is 3. The van der Waals surface area contributed by atoms with E-state index in [-0.39, 0.29) is 134 Å². The number of nitrogens with zero attached hydrogens (tertiary/aromatic N) is 5. The van der Waals surface area contributed by atoms with Crippen molar-refractivity contribution in [2.75, 3.05) is 107 Å². The fourth-order valence-corrected chi connectivity index (χ4v) is 9.01. The maximum absolute atomic E-state index is 12.4. The van der Waals surface area contributed by atoms with E-state index in [4.69, 9.17) is 99.2 Å². The number of hydrogen-bond donors (Lipinski definition) is 5. The van der Waals surface area contributed by atoms with Gasteiger partial charge in [-0.2, -0.15) is 12.1 Å². The number of carbonyl (C=O) groups is 4. The number of hydrogen-bond acceptors (Lipinski definition) is 17. The number of benzene rings is 1. The maximum Gasteiger partial charge on any atom is 3.00 e. The van der Waals surface area contributed by atoms with Crippen molar-refractivity contribution in [3.8, 4) is 11.5 Å². The molecule has 2 atom stereocenters. The van der Waals surface area contributed by atoms with Crippen LogP contribution in [0.2, 0.25) is 0 Å². The molecule has 4 heterocycles. The van der Waals surface area contributed by atoms with Crippen molar-refractivity contribution in [2.45, 2.75) is 117 Å². The molecule has 2 aliphatic heterocycles. The minimum atomic E-state index is -1.82. The fraction of sp³-hybridized carbons (Fsp3) is 0.540. The Morgan fingerprint density at radius 1 is 0.596 bits per heavy atom. The second kappa shape index (κ2) is 49.0. The molecule has 1 radical (unpaired) electrons. The van der Waals surface area contributed by atoms with Gasteiger partial charge in [-0.05, 0) is 74.7 Å². The van der Waals surface area contributed by atoms with E-state index >= 15 is 0 Å². The van der Waals surface area contributed by atoms with Crippen molar-refractivity contribution in [2.24, 2.45) is 0 Å². The number of aliphatic hydroxyl groups is 1. The molecule has 6 bridgehead atoms. The third kappa shape index (κ3) is 30.5. The maximum atomic E-state index is 12.4. The van der Waals surface area contributed by atoms with Crippen molar-refractivity contribution in [3.05, 3.63) is 104 Å². The SMILES string of the molecule is CCc1c(CC)c2cc3nc(cnc4cc(OCCOCCOCCOC)c(OCCOCCOCCOC)cc4ncc4nc(cc1[n-]2)C(CCCO)=C4C)C(C)=C3CCCNC(=O)CCC(=O)O.O=C(O)C(=O)O.[CH3-].[CH3-].[CH3-].[Gd+3].[NH-]C1CCCCC1[NH-].[Pt]. The molecular formula is C63H94GdN8O16Pt-3. The smallest absolute Gasteiger partial charge is 0.676 e. The number of allylic oxidation sites excluding steroid dienone is 4. The van der Waals surface area contributed by atoms with Gasteiger partial charge in [-0.15, -0.1) is 11.0 Å². The van der Waals surface area contributed by atoms with Crippen LogP contribution < -0.4 is 19.8 Å². The summed E-state index contributed by atoms with van der Waals surface area (Å²) in [5.41, 5.74) is 26.2. The van der Waals surface area contributed by atoms with Crippen LogP contribution in [0.1, 0.15) is 126 Å². The number of carbonyl (C=O) groups excluding carboxylic acids is 1. The molecule has 1 aliphatic carbocycles. The summed E-state index contributed by atoms with van der Waals surface area (Å²) < 4.78 is 45.3. The third-order valence-corrected chi connectivity index (χ3v) is 13.5. The fourth-order valence-electron chi connectivity index (χ4n) is 9.01. The Hall–Kier alpha value is -4.73. The van der Waals surface area contributed by atoms with Crippen molar-refractivity contribution in [1.82, 2.24) is 30.2 Å². The first-order chi connectivity index (χ1) is 40.6. The van der Waals surface area contributed by atoms with Crippen LogP contribution in [-0.4, -0.2) is 183 Å². The van der Waals surface area contributed by atoms with Gasteiger partial charge in [0.1, 0.15) is 13.2 Å². The second-order valence-corrected chi connectivity index (χ2v) is 19.5. The average Bonchev–Trinajstić information content (AvgIpc) is 1.90. The van der Waals surface area contributed by atoms with Gasteiger partial charge < -0.3 is 102 Å². The van der Waals surface area contributed by atoms with E-state index in [0.29, 0.717) is 132 Å². The van der Waals surface area contributed by atoms with E-state index in [9.17, 15) is 14.7 Å². The minimum absolute atomic E-state index is 0. The molecule has 6 rings (SSSR count). The molecule has 7 N–H and O–H groups in total. The Labute approximate surface area is 572 Å². The quantitative estimate of drug-likeness (QED) is 0.0220. The van der Waals surface area contributed by atoms with Crippen LogP contribution in [0.5, 0.6) is 11.5 Å². The number of ether oxygens (including phenoxy) is 8. The predicted molar refractivity (Wildman–Crippen MR) is 336 cm³/mol. The van der Waals surface area contributed by atoms with Gasteiger partial charge in [0.25, 0.3) is 0 Å². The van der Waals surface area contributed by atoms with Gasteiger partial charge in [0.15, 0.2) is 11.5 Å². The van der Waals surface area contributed by atoms with Crippen LogP contribution in [0.4, 0.5) is 0 Å². The third-order valence-electron chi connectivity index (χ3n) is 13.5. The first-order valence-electron chi connectivity index (χ1n) is 28.6. The molecule has 3 aliphatic rings. The van der Waals surface area contributed by atoms with Crippen LogP contribution in [0.25, 0.3) is 55.8 Å². The summed E-state index contributed by atoms with van der Waals surface area (Å²) in [6.07, 6.45) is 11.3. The molecule has 1 aromatic carbocycles. The van der Waals surface area contributed by atoms with Crippen molar-refractivity contribution >= 4 is 68.2 Å². The molecule has 2 aromatic heterocycles. The molecule has 1 saturated carbocycles. The molecule has 89 heavy (non-hydrogen) atoms. The zero-order valence-electron chi connectivity index (χ0n) is 53.1. The normalized spacial score (nSPS) is 13.9. The van der Waals surface area contributed by atoms with Gasteiger partial charge in [0.05, 0.1) is 119 Å². The first-order valence-corrected chi connectivity index (χ1v) is 28.6. The Balaban J connectivity index is 0. The van der Waals surface area contributed by atoms with Gasteiger partial charge in [-0.1, -0.05) is 62.8 Å². The van der Waals surface area contributed by atoms with Gasteiger partial charge in [0.2, 0.25) is 5.91 Å². The number of rotatable bonds is 32. The van der Waals surface area contributed by atoms with Crippen LogP contribution in [0, 0.1) is 62.2 Å². The summed E-state index contributed by atoms with van der Waals surface area (Å²) in [6, 6.07) is 7.51. The molecule has 0 saturated heterocycles. The first kappa shape index (κ1) is 86.3. The number of carboxylic acids is 3. The molecular weight excluding hydrogens is 1480 g/mol. The van der Waals surface area contributed by atoms with E-state index in [0.717, 1.165) is 81.5 Å². The molecule has 2 unspecified atom stereocenters.